The highest BCUT2D eigenvalue weighted by molar-refractivity contribution is 7.86. The molecule has 1 aliphatic rings. The summed E-state index contributed by atoms with van der Waals surface area (Å²) in [6, 6.07) is 1.45. The molecule has 0 saturated carbocycles. The third kappa shape index (κ3) is 7.41. The lowest BCUT2D eigenvalue weighted by atomic mass is 9.92. The van der Waals surface area contributed by atoms with Gasteiger partial charge >= 0.3 is 10.1 Å². The monoisotopic (exact) mass is 348 g/mol. The number of rotatable bonds is 10. The summed E-state index contributed by atoms with van der Waals surface area (Å²) >= 11 is 0. The molecular weight excluding hydrogens is 320 g/mol. The predicted molar refractivity (Wildman–Crippen MR) is 88.2 cm³/mol. The van der Waals surface area contributed by atoms with Crippen LogP contribution >= 0.6 is 0 Å². The molecule has 2 unspecified atom stereocenters. The molecule has 0 radical (unpaired) electrons. The maximum Gasteiger partial charge on any atom is 0.331 e. The Kier molecular flexibility index (Phi) is 8.72. The summed E-state index contributed by atoms with van der Waals surface area (Å²) in [5.74, 6) is 0.0993. The van der Waals surface area contributed by atoms with Gasteiger partial charge in [-0.15, -0.1) is 0 Å². The van der Waals surface area contributed by atoms with Crippen LogP contribution in [0.25, 0.3) is 0 Å². The minimum Gasteiger partial charge on any atom is -0.379 e. The van der Waals surface area contributed by atoms with Crippen LogP contribution in [0.2, 0.25) is 0 Å². The van der Waals surface area contributed by atoms with E-state index >= 15 is 0 Å². The molecule has 1 heterocycles. The number of ether oxygens (including phenoxy) is 1. The van der Waals surface area contributed by atoms with E-state index in [0.29, 0.717) is 26.3 Å². The summed E-state index contributed by atoms with van der Waals surface area (Å²) in [6.07, 6.45) is 1.80. The third-order valence-electron chi connectivity index (χ3n) is 4.10. The van der Waals surface area contributed by atoms with Crippen LogP contribution in [0.1, 0.15) is 19.8 Å². The quantitative estimate of drug-likeness (QED) is 0.461. The number of nitrogens with zero attached hydrogens (tertiary/aromatic N) is 3. The summed E-state index contributed by atoms with van der Waals surface area (Å²) in [4.78, 5) is 4.27. The highest BCUT2D eigenvalue weighted by Crippen LogP contribution is 2.22. The minimum absolute atomic E-state index is 0.135. The summed E-state index contributed by atoms with van der Waals surface area (Å²) in [5, 5.41) is 9.63. The Bertz CT molecular complexity index is 485. The van der Waals surface area contributed by atoms with E-state index in [1.165, 1.54) is 0 Å². The zero-order chi connectivity index (χ0) is 17.3. The molecular formula is C14H28N4O4S. The van der Waals surface area contributed by atoms with Crippen molar-refractivity contribution in [2.24, 2.45) is 11.1 Å². The van der Waals surface area contributed by atoms with Crippen molar-refractivity contribution in [1.82, 2.24) is 9.80 Å². The van der Waals surface area contributed by atoms with Crippen molar-refractivity contribution in [3.63, 3.8) is 0 Å². The van der Waals surface area contributed by atoms with Gasteiger partial charge in [0.25, 0.3) is 0 Å². The van der Waals surface area contributed by atoms with Gasteiger partial charge in [0.15, 0.2) is 0 Å². The first-order valence-electron chi connectivity index (χ1n) is 7.89. The van der Waals surface area contributed by atoms with E-state index in [1.807, 2.05) is 14.1 Å². The molecule has 1 aliphatic heterocycles. The molecule has 0 spiro atoms. The molecule has 0 aliphatic carbocycles. The van der Waals surface area contributed by atoms with Gasteiger partial charge in [0, 0.05) is 24.3 Å². The molecule has 1 saturated heterocycles. The van der Waals surface area contributed by atoms with E-state index in [1.54, 1.807) is 6.01 Å². The first-order valence-corrected chi connectivity index (χ1v) is 9.47. The summed E-state index contributed by atoms with van der Waals surface area (Å²) < 4.78 is 34.0. The van der Waals surface area contributed by atoms with Crippen LogP contribution in [0.15, 0.2) is 5.16 Å². The van der Waals surface area contributed by atoms with E-state index in [9.17, 15) is 8.42 Å². The Balaban J connectivity index is 2.87. The normalized spacial score (nSPS) is 19.1. The Morgan fingerprint density at radius 1 is 1.39 bits per heavy atom. The smallest absolute Gasteiger partial charge is 0.331 e. The predicted octanol–water partition coefficient (Wildman–Crippen LogP) is 0.679. The molecule has 23 heavy (non-hydrogen) atoms. The van der Waals surface area contributed by atoms with Crippen LogP contribution in [-0.4, -0.2) is 83.0 Å². The molecule has 0 aromatic carbocycles. The maximum atomic E-state index is 12.1. The summed E-state index contributed by atoms with van der Waals surface area (Å²) in [6.45, 7) is 5.63. The molecule has 134 valence electrons. The standard InChI is InChI=1S/C14H28N4O4S/c1-4-13(5-6-17(2)3)14(18-7-9-21-10-8-18)11-23(19,20)22-16-12-15/h13-15H,4-11H2,1-3H3. The first-order chi connectivity index (χ1) is 10.9. The largest absolute Gasteiger partial charge is 0.379 e. The van der Waals surface area contributed by atoms with Crippen LogP contribution in [-0.2, 0) is 19.1 Å². The number of morpholine rings is 1. The van der Waals surface area contributed by atoms with E-state index in [-0.39, 0.29) is 17.7 Å². The zero-order valence-electron chi connectivity index (χ0n) is 14.2. The molecule has 1 fully saturated rings. The molecule has 0 amide bonds. The van der Waals surface area contributed by atoms with Gasteiger partial charge in [0.05, 0.1) is 13.2 Å². The van der Waals surface area contributed by atoms with Crippen molar-refractivity contribution >= 4 is 16.1 Å². The van der Waals surface area contributed by atoms with Crippen molar-refractivity contribution in [1.29, 1.82) is 5.41 Å². The Hall–Kier alpha value is -0.990. The zero-order valence-corrected chi connectivity index (χ0v) is 15.0. The molecule has 1 rings (SSSR count). The summed E-state index contributed by atoms with van der Waals surface area (Å²) in [7, 11) is 0.187. The highest BCUT2D eigenvalue weighted by Gasteiger charge is 2.33. The van der Waals surface area contributed by atoms with Gasteiger partial charge in [-0.3, -0.25) is 9.18 Å². The average molecular weight is 348 g/mol. The molecule has 8 nitrogen and oxygen atoms in total. The Labute approximate surface area is 139 Å². The van der Waals surface area contributed by atoms with Crippen LogP contribution in [0.3, 0.4) is 0 Å². The fourth-order valence-corrected chi connectivity index (χ4v) is 3.97. The maximum absolute atomic E-state index is 12.1. The van der Waals surface area contributed by atoms with Crippen molar-refractivity contribution in [3.8, 4) is 0 Å². The topological polar surface area (TPSA) is 95.3 Å². The average Bonchev–Trinajstić information content (AvgIpc) is 2.53. The molecule has 1 N–H and O–H groups in total. The van der Waals surface area contributed by atoms with E-state index in [2.05, 4.69) is 26.2 Å². The van der Waals surface area contributed by atoms with Crippen LogP contribution in [0.5, 0.6) is 0 Å². The third-order valence-corrected chi connectivity index (χ3v) is 5.15. The summed E-state index contributed by atoms with van der Waals surface area (Å²) in [5.41, 5.74) is 0. The lowest BCUT2D eigenvalue weighted by Crippen LogP contribution is -2.50. The highest BCUT2D eigenvalue weighted by atomic mass is 32.2. The molecule has 0 bridgehead atoms. The second kappa shape index (κ2) is 10.00. The van der Waals surface area contributed by atoms with Gasteiger partial charge in [-0.25, -0.2) is 5.41 Å². The number of hydrogen-bond donors (Lipinski definition) is 1. The first kappa shape index (κ1) is 20.1. The van der Waals surface area contributed by atoms with Crippen molar-refractivity contribution in [3.05, 3.63) is 0 Å². The van der Waals surface area contributed by atoms with E-state index in [4.69, 9.17) is 10.1 Å². The van der Waals surface area contributed by atoms with Gasteiger partial charge in [0.2, 0.25) is 0 Å². The number of nitrogens with one attached hydrogen (secondary N) is 1. The van der Waals surface area contributed by atoms with E-state index < -0.39 is 10.1 Å². The van der Waals surface area contributed by atoms with Gasteiger partial charge in [-0.1, -0.05) is 13.3 Å². The minimum atomic E-state index is -3.83. The molecule has 0 aromatic heterocycles. The Morgan fingerprint density at radius 3 is 2.57 bits per heavy atom. The van der Waals surface area contributed by atoms with Gasteiger partial charge in [-0.2, -0.15) is 8.42 Å². The fraction of sp³-hybridized carbons (Fsp3) is 0.929. The fourth-order valence-electron chi connectivity index (χ4n) is 2.86. The number of hydrogen-bond acceptors (Lipinski definition) is 8. The van der Waals surface area contributed by atoms with Crippen LogP contribution < -0.4 is 0 Å². The second-order valence-corrected chi connectivity index (χ2v) is 7.58. The van der Waals surface area contributed by atoms with Crippen molar-refractivity contribution in [2.75, 3.05) is 52.7 Å². The second-order valence-electron chi connectivity index (χ2n) is 5.98. The SMILES string of the molecule is CCC(CCN(C)C)C(CS(=O)(=O)ON=C=N)N1CCOCC1. The van der Waals surface area contributed by atoms with Crippen LogP contribution in [0.4, 0.5) is 0 Å². The molecule has 2 atom stereocenters. The van der Waals surface area contributed by atoms with Gasteiger partial charge < -0.3 is 9.64 Å². The van der Waals surface area contributed by atoms with Crippen LogP contribution in [0, 0.1) is 11.3 Å². The van der Waals surface area contributed by atoms with Crippen molar-refractivity contribution < 1.29 is 17.4 Å². The van der Waals surface area contributed by atoms with Gasteiger partial charge in [0.1, 0.15) is 11.8 Å². The lowest BCUT2D eigenvalue weighted by molar-refractivity contribution is 0.00548. The lowest BCUT2D eigenvalue weighted by Gasteiger charge is -2.38. The molecule has 0 aromatic rings. The van der Waals surface area contributed by atoms with E-state index in [0.717, 1.165) is 19.4 Å². The Morgan fingerprint density at radius 2 is 2.04 bits per heavy atom. The van der Waals surface area contributed by atoms with Crippen molar-refractivity contribution in [2.45, 2.75) is 25.8 Å². The molecule has 9 heteroatoms. The van der Waals surface area contributed by atoms with Gasteiger partial charge in [-0.05, 0) is 33.0 Å².